The molecular weight excluding hydrogens is 230 g/mol. The molecule has 1 aliphatic rings. The molecule has 0 bridgehead atoms. The Morgan fingerprint density at radius 2 is 1.94 bits per heavy atom. The van der Waals surface area contributed by atoms with Gasteiger partial charge in [0, 0.05) is 12.6 Å². The molecule has 1 fully saturated rings. The molecule has 16 heavy (non-hydrogen) atoms. The summed E-state index contributed by atoms with van der Waals surface area (Å²) >= 11 is 0. The number of hydrogen-bond donors (Lipinski definition) is 2. The molecular formula is C10H20ClN3O2. The zero-order chi connectivity index (χ0) is 11.6. The Kier molecular flexibility index (Phi) is 5.75. The normalized spacial score (nSPS) is 26.8. The van der Waals surface area contributed by atoms with Crippen LogP contribution in [0.2, 0.25) is 0 Å². The second-order valence-corrected chi connectivity index (χ2v) is 4.30. The monoisotopic (exact) mass is 249 g/mol. The van der Waals surface area contributed by atoms with Crippen molar-refractivity contribution in [3.63, 3.8) is 0 Å². The van der Waals surface area contributed by atoms with Crippen molar-refractivity contribution in [2.75, 3.05) is 6.54 Å². The Balaban J connectivity index is 0.00000225. The van der Waals surface area contributed by atoms with Crippen LogP contribution in [0.25, 0.3) is 0 Å². The predicted octanol–water partition coefficient (Wildman–Crippen LogP) is -0.132. The van der Waals surface area contributed by atoms with Gasteiger partial charge >= 0.3 is 0 Å². The van der Waals surface area contributed by atoms with E-state index in [2.05, 4.69) is 0 Å². The molecule has 1 aliphatic heterocycles. The summed E-state index contributed by atoms with van der Waals surface area (Å²) < 4.78 is 0. The topological polar surface area (TPSA) is 89.4 Å². The Morgan fingerprint density at radius 3 is 2.38 bits per heavy atom. The van der Waals surface area contributed by atoms with Crippen LogP contribution >= 0.6 is 12.4 Å². The van der Waals surface area contributed by atoms with E-state index >= 15 is 0 Å². The summed E-state index contributed by atoms with van der Waals surface area (Å²) in [6, 6.07) is -0.363. The van der Waals surface area contributed by atoms with Gasteiger partial charge in [0.2, 0.25) is 11.8 Å². The van der Waals surface area contributed by atoms with Crippen LogP contribution in [-0.2, 0) is 9.59 Å². The minimum absolute atomic E-state index is 0. The molecule has 1 heterocycles. The molecule has 2 unspecified atom stereocenters. The number of likely N-dealkylation sites (tertiary alicyclic amines) is 1. The van der Waals surface area contributed by atoms with E-state index in [0.29, 0.717) is 6.54 Å². The number of amides is 2. The van der Waals surface area contributed by atoms with Crippen molar-refractivity contribution in [2.24, 2.45) is 17.4 Å². The lowest BCUT2D eigenvalue weighted by atomic mass is 9.92. The first kappa shape index (κ1) is 15.2. The minimum atomic E-state index is -0.515. The van der Waals surface area contributed by atoms with Crippen LogP contribution < -0.4 is 11.5 Å². The van der Waals surface area contributed by atoms with Crippen LogP contribution in [-0.4, -0.2) is 35.3 Å². The lowest BCUT2D eigenvalue weighted by molar-refractivity contribution is -0.138. The number of primary amides is 1. The Hall–Kier alpha value is -0.810. The Morgan fingerprint density at radius 1 is 1.38 bits per heavy atom. The lowest BCUT2D eigenvalue weighted by Crippen LogP contribution is -2.52. The van der Waals surface area contributed by atoms with Crippen molar-refractivity contribution >= 4 is 24.2 Å². The number of nitrogens with two attached hydrogens (primary N) is 2. The average molecular weight is 250 g/mol. The number of halogens is 1. The standard InChI is InChI=1S/C10H19N3O2.ClH/c1-6-3-4-8(9(12)14)5-13(6)10(15)7(2)11;/h6-8H,3-5,11H2,1-2H3,(H2,12,14);1H/t6?,7-,8?;/m1./s1. The molecule has 0 aromatic heterocycles. The van der Waals surface area contributed by atoms with E-state index in [9.17, 15) is 9.59 Å². The molecule has 1 rings (SSSR count). The molecule has 0 radical (unpaired) electrons. The molecule has 0 aromatic carbocycles. The maximum atomic E-state index is 11.7. The number of nitrogens with zero attached hydrogens (tertiary/aromatic N) is 1. The fourth-order valence-electron chi connectivity index (χ4n) is 1.91. The summed E-state index contributed by atoms with van der Waals surface area (Å²) in [4.78, 5) is 24.4. The second kappa shape index (κ2) is 6.06. The van der Waals surface area contributed by atoms with Gasteiger partial charge < -0.3 is 16.4 Å². The highest BCUT2D eigenvalue weighted by Crippen LogP contribution is 2.22. The highest BCUT2D eigenvalue weighted by molar-refractivity contribution is 5.85. The van der Waals surface area contributed by atoms with E-state index in [-0.39, 0.29) is 36.2 Å². The highest BCUT2D eigenvalue weighted by Gasteiger charge is 2.32. The van der Waals surface area contributed by atoms with E-state index < -0.39 is 6.04 Å². The zero-order valence-electron chi connectivity index (χ0n) is 9.68. The maximum Gasteiger partial charge on any atom is 0.239 e. The summed E-state index contributed by atoms with van der Waals surface area (Å²) in [5, 5.41) is 0. The van der Waals surface area contributed by atoms with Gasteiger partial charge in [0.1, 0.15) is 0 Å². The molecule has 0 aliphatic carbocycles. The van der Waals surface area contributed by atoms with E-state index in [1.165, 1.54) is 0 Å². The summed E-state index contributed by atoms with van der Waals surface area (Å²) in [5.74, 6) is -0.651. The van der Waals surface area contributed by atoms with E-state index in [1.807, 2.05) is 6.92 Å². The predicted molar refractivity (Wildman–Crippen MR) is 64.0 cm³/mol. The first-order valence-corrected chi connectivity index (χ1v) is 5.29. The summed E-state index contributed by atoms with van der Waals surface area (Å²) in [7, 11) is 0. The maximum absolute atomic E-state index is 11.7. The number of carbonyl (C=O) groups is 2. The van der Waals surface area contributed by atoms with Crippen molar-refractivity contribution in [3.8, 4) is 0 Å². The molecule has 0 spiro atoms. The highest BCUT2D eigenvalue weighted by atomic mass is 35.5. The molecule has 0 aromatic rings. The van der Waals surface area contributed by atoms with Crippen molar-refractivity contribution in [2.45, 2.75) is 38.8 Å². The summed E-state index contributed by atoms with van der Waals surface area (Å²) in [5.41, 5.74) is 10.8. The van der Waals surface area contributed by atoms with Gasteiger partial charge in [0.15, 0.2) is 0 Å². The van der Waals surface area contributed by atoms with Gasteiger partial charge in [-0.15, -0.1) is 12.4 Å². The molecule has 3 atom stereocenters. The van der Waals surface area contributed by atoms with E-state index in [4.69, 9.17) is 11.5 Å². The van der Waals surface area contributed by atoms with Gasteiger partial charge in [-0.05, 0) is 26.7 Å². The van der Waals surface area contributed by atoms with Crippen LogP contribution in [0.3, 0.4) is 0 Å². The van der Waals surface area contributed by atoms with Crippen molar-refractivity contribution < 1.29 is 9.59 Å². The number of hydrogen-bond acceptors (Lipinski definition) is 3. The molecule has 1 saturated heterocycles. The van der Waals surface area contributed by atoms with Gasteiger partial charge in [-0.1, -0.05) is 0 Å². The molecule has 6 heteroatoms. The second-order valence-electron chi connectivity index (χ2n) is 4.30. The fourth-order valence-corrected chi connectivity index (χ4v) is 1.91. The SMILES string of the molecule is CC1CCC(C(N)=O)CN1C(=O)[C@@H](C)N.Cl. The number of piperidine rings is 1. The van der Waals surface area contributed by atoms with Crippen molar-refractivity contribution in [1.29, 1.82) is 0 Å². The largest absolute Gasteiger partial charge is 0.369 e. The van der Waals surface area contributed by atoms with Crippen LogP contribution in [0, 0.1) is 5.92 Å². The molecule has 2 amide bonds. The van der Waals surface area contributed by atoms with E-state index in [0.717, 1.165) is 12.8 Å². The van der Waals surface area contributed by atoms with Gasteiger partial charge in [-0.3, -0.25) is 9.59 Å². The quantitative estimate of drug-likeness (QED) is 0.714. The molecule has 94 valence electrons. The van der Waals surface area contributed by atoms with Crippen LogP contribution in [0.5, 0.6) is 0 Å². The Bertz CT molecular complexity index is 271. The average Bonchev–Trinajstić information content (AvgIpc) is 2.16. The smallest absolute Gasteiger partial charge is 0.239 e. The van der Waals surface area contributed by atoms with Crippen molar-refractivity contribution in [3.05, 3.63) is 0 Å². The molecule has 4 N–H and O–H groups in total. The summed E-state index contributed by atoms with van der Waals surface area (Å²) in [6.45, 7) is 4.04. The fraction of sp³-hybridized carbons (Fsp3) is 0.800. The third-order valence-corrected chi connectivity index (χ3v) is 2.96. The van der Waals surface area contributed by atoms with Gasteiger partial charge in [0.25, 0.3) is 0 Å². The zero-order valence-corrected chi connectivity index (χ0v) is 10.5. The van der Waals surface area contributed by atoms with Crippen molar-refractivity contribution in [1.82, 2.24) is 4.90 Å². The Labute approximate surface area is 102 Å². The number of rotatable bonds is 2. The van der Waals surface area contributed by atoms with Gasteiger partial charge in [-0.25, -0.2) is 0 Å². The summed E-state index contributed by atoms with van der Waals surface area (Å²) in [6.07, 6.45) is 1.57. The van der Waals surface area contributed by atoms with E-state index in [1.54, 1.807) is 11.8 Å². The van der Waals surface area contributed by atoms with Crippen LogP contribution in [0.4, 0.5) is 0 Å². The van der Waals surface area contributed by atoms with Gasteiger partial charge in [0.05, 0.1) is 12.0 Å². The molecule has 5 nitrogen and oxygen atoms in total. The lowest BCUT2D eigenvalue weighted by Gasteiger charge is -2.37. The van der Waals surface area contributed by atoms with Crippen LogP contribution in [0.15, 0.2) is 0 Å². The molecule has 0 saturated carbocycles. The number of carbonyl (C=O) groups excluding carboxylic acids is 2. The minimum Gasteiger partial charge on any atom is -0.369 e. The van der Waals surface area contributed by atoms with Gasteiger partial charge in [-0.2, -0.15) is 0 Å². The third-order valence-electron chi connectivity index (χ3n) is 2.96. The first-order valence-electron chi connectivity index (χ1n) is 5.29. The van der Waals surface area contributed by atoms with Crippen LogP contribution in [0.1, 0.15) is 26.7 Å². The first-order chi connectivity index (χ1) is 6.93. The third kappa shape index (κ3) is 3.35.